The number of carboxylic acid groups (broad SMARTS) is 1. The number of carboxylic acids is 1. The Morgan fingerprint density at radius 3 is 2.82 bits per heavy atom. The number of aliphatic carboxylic acids is 1. The molecule has 1 rings (SSSR count). The van der Waals surface area contributed by atoms with Gasteiger partial charge in [-0.2, -0.15) is 0 Å². The minimum absolute atomic E-state index is 0.0480. The first-order chi connectivity index (χ1) is 8.09. The van der Waals surface area contributed by atoms with Gasteiger partial charge in [-0.3, -0.25) is 9.59 Å². The van der Waals surface area contributed by atoms with Crippen LogP contribution in [0.25, 0.3) is 0 Å². The molecule has 0 saturated carbocycles. The molecular formula is C12H22N2O3. The maximum Gasteiger partial charge on any atom is 0.303 e. The van der Waals surface area contributed by atoms with Gasteiger partial charge in [-0.1, -0.05) is 13.3 Å². The van der Waals surface area contributed by atoms with Crippen LogP contribution in [0.3, 0.4) is 0 Å². The van der Waals surface area contributed by atoms with Crippen molar-refractivity contribution in [3.63, 3.8) is 0 Å². The Labute approximate surface area is 102 Å². The molecule has 3 N–H and O–H groups in total. The minimum Gasteiger partial charge on any atom is -0.481 e. The van der Waals surface area contributed by atoms with E-state index in [1.165, 1.54) is 0 Å². The predicted molar refractivity (Wildman–Crippen MR) is 64.7 cm³/mol. The average Bonchev–Trinajstić information content (AvgIpc) is 2.34. The van der Waals surface area contributed by atoms with E-state index < -0.39 is 5.97 Å². The quantitative estimate of drug-likeness (QED) is 0.642. The lowest BCUT2D eigenvalue weighted by molar-refractivity contribution is -0.137. The van der Waals surface area contributed by atoms with Gasteiger partial charge in [0.2, 0.25) is 5.91 Å². The lowest BCUT2D eigenvalue weighted by atomic mass is 10.0. The van der Waals surface area contributed by atoms with E-state index in [-0.39, 0.29) is 24.3 Å². The molecule has 0 aromatic heterocycles. The molecule has 2 atom stereocenters. The summed E-state index contributed by atoms with van der Waals surface area (Å²) in [6, 6.07) is -0.0598. The van der Waals surface area contributed by atoms with Crippen LogP contribution in [0.5, 0.6) is 0 Å². The van der Waals surface area contributed by atoms with Crippen LogP contribution in [-0.4, -0.2) is 36.1 Å². The molecule has 1 heterocycles. The van der Waals surface area contributed by atoms with Gasteiger partial charge in [0.05, 0.1) is 6.04 Å². The number of hydrogen-bond acceptors (Lipinski definition) is 3. The summed E-state index contributed by atoms with van der Waals surface area (Å²) in [4.78, 5) is 22.1. The lowest BCUT2D eigenvalue weighted by Crippen LogP contribution is -2.47. The van der Waals surface area contributed by atoms with Gasteiger partial charge in [-0.25, -0.2) is 0 Å². The van der Waals surface area contributed by atoms with Crippen molar-refractivity contribution in [3.05, 3.63) is 0 Å². The third kappa shape index (κ3) is 5.68. The summed E-state index contributed by atoms with van der Waals surface area (Å²) in [7, 11) is 0. The Kier molecular flexibility index (Phi) is 5.97. The Morgan fingerprint density at radius 2 is 2.24 bits per heavy atom. The number of nitrogens with one attached hydrogen (secondary N) is 2. The number of carbonyl (C=O) groups excluding carboxylic acids is 1. The highest BCUT2D eigenvalue weighted by Crippen LogP contribution is 2.08. The number of rotatable bonds is 6. The van der Waals surface area contributed by atoms with Crippen molar-refractivity contribution in [1.29, 1.82) is 0 Å². The van der Waals surface area contributed by atoms with Crippen LogP contribution in [0.15, 0.2) is 0 Å². The van der Waals surface area contributed by atoms with Gasteiger partial charge in [-0.05, 0) is 31.7 Å². The summed E-state index contributed by atoms with van der Waals surface area (Å²) in [5.74, 6) is -0.525. The molecule has 0 spiro atoms. The van der Waals surface area contributed by atoms with E-state index in [1.54, 1.807) is 0 Å². The van der Waals surface area contributed by atoms with E-state index >= 15 is 0 Å². The van der Waals surface area contributed by atoms with E-state index in [2.05, 4.69) is 10.6 Å². The van der Waals surface area contributed by atoms with Crippen LogP contribution in [-0.2, 0) is 9.59 Å². The fourth-order valence-electron chi connectivity index (χ4n) is 1.95. The minimum atomic E-state index is -0.780. The zero-order chi connectivity index (χ0) is 12.7. The summed E-state index contributed by atoms with van der Waals surface area (Å²) >= 11 is 0. The molecule has 5 nitrogen and oxygen atoms in total. The van der Waals surface area contributed by atoms with Crippen molar-refractivity contribution in [2.24, 2.45) is 5.92 Å². The van der Waals surface area contributed by atoms with Crippen LogP contribution in [0.1, 0.15) is 39.0 Å². The molecule has 98 valence electrons. The molecule has 0 bridgehead atoms. The summed E-state index contributed by atoms with van der Waals surface area (Å²) in [6.45, 7) is 3.43. The molecule has 17 heavy (non-hydrogen) atoms. The fourth-order valence-corrected chi connectivity index (χ4v) is 1.95. The summed E-state index contributed by atoms with van der Waals surface area (Å²) in [6.07, 6.45) is 3.90. The lowest BCUT2D eigenvalue weighted by Gasteiger charge is -2.23. The molecule has 1 saturated heterocycles. The molecular weight excluding hydrogens is 220 g/mol. The number of carbonyl (C=O) groups is 2. The molecule has 0 aromatic rings. The molecule has 1 aliphatic rings. The highest BCUT2D eigenvalue weighted by Gasteiger charge is 2.20. The number of piperidine rings is 1. The highest BCUT2D eigenvalue weighted by atomic mass is 16.4. The van der Waals surface area contributed by atoms with Crippen molar-refractivity contribution in [3.8, 4) is 0 Å². The molecule has 1 fully saturated rings. The van der Waals surface area contributed by atoms with Crippen molar-refractivity contribution >= 4 is 11.9 Å². The Hall–Kier alpha value is -1.10. The zero-order valence-corrected chi connectivity index (χ0v) is 10.4. The molecule has 0 radical (unpaired) electrons. The van der Waals surface area contributed by atoms with Crippen molar-refractivity contribution in [2.75, 3.05) is 13.1 Å². The first kappa shape index (κ1) is 14.0. The van der Waals surface area contributed by atoms with Gasteiger partial charge in [-0.15, -0.1) is 0 Å². The Balaban J connectivity index is 2.15. The largest absolute Gasteiger partial charge is 0.481 e. The number of amides is 1. The first-order valence-electron chi connectivity index (χ1n) is 6.32. The molecule has 5 heteroatoms. The average molecular weight is 242 g/mol. The second-order valence-electron chi connectivity index (χ2n) is 4.79. The summed E-state index contributed by atoms with van der Waals surface area (Å²) in [5, 5.41) is 14.6. The van der Waals surface area contributed by atoms with Crippen LogP contribution >= 0.6 is 0 Å². The van der Waals surface area contributed by atoms with Gasteiger partial charge in [0.15, 0.2) is 0 Å². The fraction of sp³-hybridized carbons (Fsp3) is 0.833. The van der Waals surface area contributed by atoms with E-state index in [1.807, 2.05) is 6.92 Å². The van der Waals surface area contributed by atoms with Crippen LogP contribution in [0, 0.1) is 5.92 Å². The van der Waals surface area contributed by atoms with E-state index in [0.717, 1.165) is 25.8 Å². The smallest absolute Gasteiger partial charge is 0.303 e. The highest BCUT2D eigenvalue weighted by molar-refractivity contribution is 5.81. The Bertz CT molecular complexity index is 262. The third-order valence-electron chi connectivity index (χ3n) is 3.10. The van der Waals surface area contributed by atoms with E-state index in [9.17, 15) is 9.59 Å². The Morgan fingerprint density at radius 1 is 1.47 bits per heavy atom. The van der Waals surface area contributed by atoms with Crippen molar-refractivity contribution in [2.45, 2.75) is 45.1 Å². The zero-order valence-electron chi connectivity index (χ0n) is 10.4. The SMILES string of the molecule is CC(CCC(=O)O)CNC(=O)C1CCCCN1. The number of hydrogen-bond donors (Lipinski definition) is 3. The molecule has 2 unspecified atom stereocenters. The van der Waals surface area contributed by atoms with Crippen LogP contribution in [0.2, 0.25) is 0 Å². The maximum atomic E-state index is 11.8. The van der Waals surface area contributed by atoms with Gasteiger partial charge in [0.1, 0.15) is 0 Å². The first-order valence-corrected chi connectivity index (χ1v) is 6.32. The van der Waals surface area contributed by atoms with Crippen molar-refractivity contribution in [1.82, 2.24) is 10.6 Å². The molecule has 0 aliphatic carbocycles. The topological polar surface area (TPSA) is 78.4 Å². The van der Waals surface area contributed by atoms with Gasteiger partial charge < -0.3 is 15.7 Å². The second kappa shape index (κ2) is 7.27. The van der Waals surface area contributed by atoms with Crippen LogP contribution in [0.4, 0.5) is 0 Å². The summed E-state index contributed by atoms with van der Waals surface area (Å²) < 4.78 is 0. The monoisotopic (exact) mass is 242 g/mol. The summed E-state index contributed by atoms with van der Waals surface area (Å²) in [5.41, 5.74) is 0. The third-order valence-corrected chi connectivity index (χ3v) is 3.10. The second-order valence-corrected chi connectivity index (χ2v) is 4.79. The van der Waals surface area contributed by atoms with Gasteiger partial charge >= 0.3 is 5.97 Å². The van der Waals surface area contributed by atoms with Gasteiger partial charge in [0.25, 0.3) is 0 Å². The molecule has 1 amide bonds. The standard InChI is InChI=1S/C12H22N2O3/c1-9(5-6-11(15)16)8-14-12(17)10-4-2-3-7-13-10/h9-10,13H,2-8H2,1H3,(H,14,17)(H,15,16). The molecule has 1 aliphatic heterocycles. The van der Waals surface area contributed by atoms with Gasteiger partial charge in [0, 0.05) is 13.0 Å². The van der Waals surface area contributed by atoms with E-state index in [0.29, 0.717) is 13.0 Å². The van der Waals surface area contributed by atoms with Crippen LogP contribution < -0.4 is 10.6 Å². The normalized spacial score (nSPS) is 21.8. The maximum absolute atomic E-state index is 11.8. The predicted octanol–water partition coefficient (Wildman–Crippen LogP) is 0.746. The van der Waals surface area contributed by atoms with Crippen molar-refractivity contribution < 1.29 is 14.7 Å². The van der Waals surface area contributed by atoms with E-state index in [4.69, 9.17) is 5.11 Å². The molecule has 0 aromatic carbocycles.